The maximum absolute atomic E-state index is 6.39. The summed E-state index contributed by atoms with van der Waals surface area (Å²) in [6.45, 7) is 9.16. The molecule has 2 aromatic rings. The van der Waals surface area contributed by atoms with Crippen LogP contribution < -0.4 is 0 Å². The number of fused-ring (bicyclic) bond motifs is 1. The third kappa shape index (κ3) is 1.59. The highest BCUT2D eigenvalue weighted by atomic mass is 35.5. The van der Waals surface area contributed by atoms with Crippen molar-refractivity contribution in [1.82, 2.24) is 9.55 Å². The van der Waals surface area contributed by atoms with E-state index >= 15 is 0 Å². The lowest BCUT2D eigenvalue weighted by molar-refractivity contribution is 0.457. The van der Waals surface area contributed by atoms with Crippen molar-refractivity contribution in [2.75, 3.05) is 0 Å². The molecule has 0 amide bonds. The van der Waals surface area contributed by atoms with Crippen LogP contribution in [0.4, 0.5) is 0 Å². The fraction of sp³-hybridized carbons (Fsp3) is 0.533. The zero-order valence-electron chi connectivity index (χ0n) is 11.7. The zero-order valence-corrected chi connectivity index (χ0v) is 13.2. The molecular weight excluding hydrogens is 279 g/mol. The number of rotatable bonds is 2. The van der Waals surface area contributed by atoms with Crippen LogP contribution in [-0.2, 0) is 5.88 Å². The summed E-state index contributed by atoms with van der Waals surface area (Å²) in [5, 5.41) is 0.750. The fourth-order valence-electron chi connectivity index (χ4n) is 3.33. The zero-order chi connectivity index (χ0) is 14.0. The molecule has 2 nitrogen and oxygen atoms in total. The van der Waals surface area contributed by atoms with Gasteiger partial charge in [-0.3, -0.25) is 0 Å². The van der Waals surface area contributed by atoms with Crippen molar-refractivity contribution >= 4 is 34.2 Å². The molecule has 0 saturated heterocycles. The minimum atomic E-state index is 0.223. The molecule has 102 valence electrons. The van der Waals surface area contributed by atoms with Crippen LogP contribution >= 0.6 is 23.2 Å². The molecule has 0 bridgehead atoms. The van der Waals surface area contributed by atoms with Gasteiger partial charge in [-0.1, -0.05) is 45.4 Å². The van der Waals surface area contributed by atoms with Crippen molar-refractivity contribution in [3.8, 4) is 0 Å². The Bertz CT molecular complexity index is 641. The molecule has 1 aromatic carbocycles. The van der Waals surface area contributed by atoms with Gasteiger partial charge < -0.3 is 4.57 Å². The van der Waals surface area contributed by atoms with Gasteiger partial charge in [0.2, 0.25) is 0 Å². The predicted molar refractivity (Wildman–Crippen MR) is 80.9 cm³/mol. The van der Waals surface area contributed by atoms with Gasteiger partial charge in [0.25, 0.3) is 0 Å². The Morgan fingerprint density at radius 1 is 1.21 bits per heavy atom. The lowest BCUT2D eigenvalue weighted by atomic mass is 10.0. The van der Waals surface area contributed by atoms with E-state index in [1.165, 1.54) is 0 Å². The summed E-state index contributed by atoms with van der Waals surface area (Å²) in [6.07, 6.45) is 0. The summed E-state index contributed by atoms with van der Waals surface area (Å²) in [7, 11) is 0. The van der Waals surface area contributed by atoms with E-state index in [2.05, 4.69) is 37.2 Å². The first-order valence-corrected chi connectivity index (χ1v) is 7.45. The first kappa shape index (κ1) is 13.3. The molecule has 0 N–H and O–H groups in total. The lowest BCUT2D eigenvalue weighted by Gasteiger charge is -2.11. The van der Waals surface area contributed by atoms with Gasteiger partial charge in [0.15, 0.2) is 0 Å². The summed E-state index contributed by atoms with van der Waals surface area (Å²) in [5.74, 6) is 1.32. The van der Waals surface area contributed by atoms with Gasteiger partial charge in [0.05, 0.1) is 21.9 Å². The molecule has 4 heteroatoms. The van der Waals surface area contributed by atoms with Crippen molar-refractivity contribution < 1.29 is 0 Å². The summed E-state index contributed by atoms with van der Waals surface area (Å²) in [6, 6.07) is 6.24. The Labute approximate surface area is 123 Å². The van der Waals surface area contributed by atoms with Crippen LogP contribution in [0.2, 0.25) is 5.02 Å². The Morgan fingerprint density at radius 3 is 2.37 bits per heavy atom. The van der Waals surface area contributed by atoms with E-state index in [0.717, 1.165) is 21.9 Å². The number of alkyl halides is 1. The van der Waals surface area contributed by atoms with Gasteiger partial charge in [0, 0.05) is 6.04 Å². The van der Waals surface area contributed by atoms with Gasteiger partial charge in [-0.05, 0) is 23.0 Å². The third-order valence-corrected chi connectivity index (χ3v) is 5.60. The number of aromatic nitrogens is 2. The second-order valence-corrected chi connectivity index (χ2v) is 7.16. The van der Waals surface area contributed by atoms with E-state index in [9.17, 15) is 0 Å². The van der Waals surface area contributed by atoms with E-state index in [4.69, 9.17) is 23.2 Å². The van der Waals surface area contributed by atoms with Crippen LogP contribution in [0.25, 0.3) is 11.0 Å². The number of benzene rings is 1. The van der Waals surface area contributed by atoms with Crippen LogP contribution in [0.15, 0.2) is 18.2 Å². The quantitative estimate of drug-likeness (QED) is 0.710. The number of imidazole rings is 1. The van der Waals surface area contributed by atoms with Crippen LogP contribution in [-0.4, -0.2) is 9.55 Å². The van der Waals surface area contributed by atoms with E-state index in [-0.39, 0.29) is 10.8 Å². The third-order valence-electron chi connectivity index (χ3n) is 5.06. The van der Waals surface area contributed by atoms with Crippen molar-refractivity contribution in [3.05, 3.63) is 29.0 Å². The predicted octanol–water partition coefficient (Wildman–Crippen LogP) is 5.04. The first-order valence-electron chi connectivity index (χ1n) is 6.53. The van der Waals surface area contributed by atoms with Crippen LogP contribution in [0, 0.1) is 10.8 Å². The van der Waals surface area contributed by atoms with E-state index in [1.807, 2.05) is 18.2 Å². The van der Waals surface area contributed by atoms with Crippen molar-refractivity contribution in [3.63, 3.8) is 0 Å². The highest BCUT2D eigenvalue weighted by molar-refractivity contribution is 6.35. The Hall–Kier alpha value is -0.730. The second kappa shape index (κ2) is 3.89. The molecule has 1 saturated carbocycles. The van der Waals surface area contributed by atoms with Crippen LogP contribution in [0.5, 0.6) is 0 Å². The van der Waals surface area contributed by atoms with Crippen LogP contribution in [0.1, 0.15) is 39.6 Å². The van der Waals surface area contributed by atoms with Crippen molar-refractivity contribution in [1.29, 1.82) is 0 Å². The molecule has 1 aromatic heterocycles. The Morgan fingerprint density at radius 2 is 1.84 bits per heavy atom. The maximum atomic E-state index is 6.39. The molecule has 1 aliphatic carbocycles. The molecule has 1 aliphatic rings. The molecule has 1 heterocycles. The number of halogens is 2. The summed E-state index contributed by atoms with van der Waals surface area (Å²) < 4.78 is 2.25. The topological polar surface area (TPSA) is 17.8 Å². The fourth-order valence-corrected chi connectivity index (χ4v) is 3.78. The average molecular weight is 297 g/mol. The van der Waals surface area contributed by atoms with Crippen LogP contribution in [0.3, 0.4) is 0 Å². The van der Waals surface area contributed by atoms with Gasteiger partial charge in [-0.25, -0.2) is 4.98 Å². The van der Waals surface area contributed by atoms with Crippen molar-refractivity contribution in [2.24, 2.45) is 10.8 Å². The normalized spacial score (nSPS) is 20.9. The number of hydrogen-bond acceptors (Lipinski definition) is 1. The summed E-state index contributed by atoms with van der Waals surface area (Å²) in [5.41, 5.74) is 2.39. The molecule has 3 rings (SSSR count). The molecule has 1 fully saturated rings. The number of para-hydroxylation sites is 1. The molecule has 19 heavy (non-hydrogen) atoms. The van der Waals surface area contributed by atoms with E-state index in [1.54, 1.807) is 0 Å². The number of hydrogen-bond donors (Lipinski definition) is 0. The molecule has 0 atom stereocenters. The highest BCUT2D eigenvalue weighted by Gasteiger charge is 2.66. The lowest BCUT2D eigenvalue weighted by Crippen LogP contribution is -2.05. The number of nitrogens with zero attached hydrogens (tertiary/aromatic N) is 2. The Balaban J connectivity index is 2.29. The van der Waals surface area contributed by atoms with E-state index in [0.29, 0.717) is 11.9 Å². The summed E-state index contributed by atoms with van der Waals surface area (Å²) >= 11 is 12.5. The first-order chi connectivity index (χ1) is 8.82. The SMILES string of the molecule is CC1(C)C(n2c(CCl)nc3cccc(Cl)c32)C1(C)C. The molecule has 0 radical (unpaired) electrons. The molecule has 0 unspecified atom stereocenters. The van der Waals surface area contributed by atoms with Gasteiger partial charge in [-0.15, -0.1) is 11.6 Å². The largest absolute Gasteiger partial charge is 0.321 e. The van der Waals surface area contributed by atoms with Gasteiger partial charge in [-0.2, -0.15) is 0 Å². The maximum Gasteiger partial charge on any atom is 0.125 e. The monoisotopic (exact) mass is 296 g/mol. The van der Waals surface area contributed by atoms with Crippen molar-refractivity contribution in [2.45, 2.75) is 39.6 Å². The minimum Gasteiger partial charge on any atom is -0.321 e. The van der Waals surface area contributed by atoms with Gasteiger partial charge in [0.1, 0.15) is 5.82 Å². The highest BCUT2D eigenvalue weighted by Crippen LogP contribution is 2.72. The standard InChI is InChI=1S/C15H18Cl2N2/c1-14(2)13(15(14,3)4)19-11(8-16)18-10-7-5-6-9(17)12(10)19/h5-7,13H,8H2,1-4H3. The van der Waals surface area contributed by atoms with E-state index < -0.39 is 0 Å². The average Bonchev–Trinajstić information content (AvgIpc) is 2.64. The second-order valence-electron chi connectivity index (χ2n) is 6.49. The smallest absolute Gasteiger partial charge is 0.125 e. The summed E-state index contributed by atoms with van der Waals surface area (Å²) in [4.78, 5) is 4.63. The molecule has 0 spiro atoms. The minimum absolute atomic E-state index is 0.223. The molecule has 0 aliphatic heterocycles. The van der Waals surface area contributed by atoms with Gasteiger partial charge >= 0.3 is 0 Å². The Kier molecular flexibility index (Phi) is 2.72. The molecular formula is C15H18Cl2N2.